The Morgan fingerprint density at radius 1 is 1.04 bits per heavy atom. The maximum absolute atomic E-state index is 12.9. The van der Waals surface area contributed by atoms with Crippen LogP contribution in [0.3, 0.4) is 0 Å². The van der Waals surface area contributed by atoms with Gasteiger partial charge in [-0.25, -0.2) is 0 Å². The van der Waals surface area contributed by atoms with E-state index in [0.29, 0.717) is 15.6 Å². The first kappa shape index (κ1) is 18.5. The van der Waals surface area contributed by atoms with Gasteiger partial charge < -0.3 is 5.32 Å². The lowest BCUT2D eigenvalue weighted by atomic mass is 9.83. The van der Waals surface area contributed by atoms with Gasteiger partial charge in [0.25, 0.3) is 5.91 Å². The summed E-state index contributed by atoms with van der Waals surface area (Å²) in [5, 5.41) is 2.79. The molecule has 0 aliphatic heterocycles. The molecule has 2 aromatic rings. The van der Waals surface area contributed by atoms with E-state index in [9.17, 15) is 18.0 Å². The molecule has 0 radical (unpaired) electrons. The van der Waals surface area contributed by atoms with Crippen LogP contribution in [-0.4, -0.2) is 12.5 Å². The van der Waals surface area contributed by atoms with Crippen LogP contribution in [0.5, 0.6) is 0 Å². The summed E-state index contributed by atoms with van der Waals surface area (Å²) < 4.78 is 39.2. The molecule has 1 amide bonds. The molecule has 2 aromatic carbocycles. The Morgan fingerprint density at radius 3 is 2.29 bits per heavy atom. The van der Waals surface area contributed by atoms with Crippen molar-refractivity contribution in [3.05, 3.63) is 69.7 Å². The number of rotatable bonds is 4. The van der Waals surface area contributed by atoms with E-state index in [1.54, 1.807) is 44.2 Å². The number of carbonyl (C=O) groups excluding carboxylic acids is 1. The number of carbonyl (C=O) groups is 1. The lowest BCUT2D eigenvalue weighted by Gasteiger charge is -2.26. The van der Waals surface area contributed by atoms with Gasteiger partial charge in [0.05, 0.1) is 11.1 Å². The smallest absolute Gasteiger partial charge is 0.351 e. The van der Waals surface area contributed by atoms with E-state index in [0.717, 1.165) is 12.1 Å². The van der Waals surface area contributed by atoms with E-state index < -0.39 is 17.2 Å². The topological polar surface area (TPSA) is 29.1 Å². The molecule has 0 saturated heterocycles. The molecule has 2 rings (SSSR count). The molecule has 2 nitrogen and oxygen atoms in total. The van der Waals surface area contributed by atoms with Crippen LogP contribution in [0.2, 0.25) is 0 Å². The second-order valence-corrected chi connectivity index (χ2v) is 6.98. The molecule has 6 heteroatoms. The van der Waals surface area contributed by atoms with Crippen LogP contribution in [0.15, 0.2) is 53.0 Å². The number of benzene rings is 2. The van der Waals surface area contributed by atoms with Gasteiger partial charge in [-0.1, -0.05) is 44.2 Å². The number of hydrogen-bond acceptors (Lipinski definition) is 1. The second-order valence-electron chi connectivity index (χ2n) is 6.12. The van der Waals surface area contributed by atoms with Gasteiger partial charge in [-0.15, -0.1) is 0 Å². The highest BCUT2D eigenvalue weighted by atomic mass is 79.9. The second kappa shape index (κ2) is 6.97. The van der Waals surface area contributed by atoms with Crippen LogP contribution < -0.4 is 5.32 Å². The van der Waals surface area contributed by atoms with E-state index in [1.165, 1.54) is 6.07 Å². The molecule has 0 aromatic heterocycles. The van der Waals surface area contributed by atoms with Gasteiger partial charge >= 0.3 is 6.18 Å². The summed E-state index contributed by atoms with van der Waals surface area (Å²) in [5.74, 6) is -0.275. The third-order valence-electron chi connectivity index (χ3n) is 3.78. The molecule has 0 fully saturated rings. The number of amides is 1. The number of hydrogen-bond donors (Lipinski definition) is 1. The van der Waals surface area contributed by atoms with Crippen LogP contribution in [0.25, 0.3) is 0 Å². The molecule has 0 aliphatic carbocycles. The van der Waals surface area contributed by atoms with Crippen molar-refractivity contribution in [2.24, 2.45) is 0 Å². The molecular formula is C18H17BrF3NO. The summed E-state index contributed by atoms with van der Waals surface area (Å²) in [6, 6.07) is 12.2. The first-order chi connectivity index (χ1) is 11.1. The minimum atomic E-state index is -4.38. The monoisotopic (exact) mass is 399 g/mol. The molecule has 0 bridgehead atoms. The highest BCUT2D eigenvalue weighted by Gasteiger charge is 2.32. The van der Waals surface area contributed by atoms with E-state index in [-0.39, 0.29) is 12.5 Å². The highest BCUT2D eigenvalue weighted by molar-refractivity contribution is 9.10. The first-order valence-corrected chi connectivity index (χ1v) is 8.11. The van der Waals surface area contributed by atoms with Crippen LogP contribution in [0.1, 0.15) is 35.3 Å². The normalized spacial score (nSPS) is 12.1. The maximum Gasteiger partial charge on any atom is 0.416 e. The Bertz CT molecular complexity index is 741. The standard InChI is InChI=1S/C18H17BrF3NO/c1-17(2,12-6-5-7-13(10-12)18(20,21)22)11-23-16(24)14-8-3-4-9-15(14)19/h3-10H,11H2,1-2H3,(H,23,24). The van der Waals surface area contributed by atoms with E-state index >= 15 is 0 Å². The predicted molar refractivity (Wildman–Crippen MR) is 90.9 cm³/mol. The molecule has 0 heterocycles. The Labute approximate surface area is 147 Å². The molecule has 0 unspecified atom stereocenters. The lowest BCUT2D eigenvalue weighted by molar-refractivity contribution is -0.137. The Hall–Kier alpha value is -1.82. The van der Waals surface area contributed by atoms with Crippen LogP contribution in [-0.2, 0) is 11.6 Å². The maximum atomic E-state index is 12.9. The largest absolute Gasteiger partial charge is 0.416 e. The number of halogens is 4. The fourth-order valence-electron chi connectivity index (χ4n) is 2.26. The van der Waals surface area contributed by atoms with Gasteiger partial charge in [0.1, 0.15) is 0 Å². The van der Waals surface area contributed by atoms with E-state index in [2.05, 4.69) is 21.2 Å². The minimum Gasteiger partial charge on any atom is -0.351 e. The van der Waals surface area contributed by atoms with Gasteiger partial charge in [0.15, 0.2) is 0 Å². The van der Waals surface area contributed by atoms with Crippen molar-refractivity contribution in [3.8, 4) is 0 Å². The van der Waals surface area contributed by atoms with Crippen molar-refractivity contribution < 1.29 is 18.0 Å². The van der Waals surface area contributed by atoms with Crippen LogP contribution in [0.4, 0.5) is 13.2 Å². The average Bonchev–Trinajstić information content (AvgIpc) is 2.52. The zero-order chi connectivity index (χ0) is 18.0. The molecule has 1 N–H and O–H groups in total. The zero-order valence-corrected chi connectivity index (χ0v) is 14.8. The summed E-state index contributed by atoms with van der Waals surface area (Å²) in [6.45, 7) is 3.81. The predicted octanol–water partition coefficient (Wildman–Crippen LogP) is 5.18. The van der Waals surface area contributed by atoms with Crippen molar-refractivity contribution in [1.29, 1.82) is 0 Å². The molecular weight excluding hydrogens is 383 g/mol. The summed E-state index contributed by atoms with van der Waals surface area (Å²) in [4.78, 5) is 12.2. The molecule has 0 aliphatic rings. The van der Waals surface area contributed by atoms with Crippen molar-refractivity contribution in [3.63, 3.8) is 0 Å². The van der Waals surface area contributed by atoms with Crippen molar-refractivity contribution in [1.82, 2.24) is 5.32 Å². The quantitative estimate of drug-likeness (QED) is 0.754. The zero-order valence-electron chi connectivity index (χ0n) is 13.2. The van der Waals surface area contributed by atoms with Crippen molar-refractivity contribution in [2.45, 2.75) is 25.4 Å². The Kier molecular flexibility index (Phi) is 5.38. The van der Waals surface area contributed by atoms with Gasteiger partial charge in [0.2, 0.25) is 0 Å². The molecule has 0 spiro atoms. The van der Waals surface area contributed by atoms with Gasteiger partial charge in [-0.2, -0.15) is 13.2 Å². The fraction of sp³-hybridized carbons (Fsp3) is 0.278. The van der Waals surface area contributed by atoms with Gasteiger partial charge in [-0.3, -0.25) is 4.79 Å². The van der Waals surface area contributed by atoms with Crippen LogP contribution in [0, 0.1) is 0 Å². The van der Waals surface area contributed by atoms with Gasteiger partial charge in [-0.05, 0) is 39.7 Å². The molecule has 128 valence electrons. The summed E-state index contributed by atoms with van der Waals surface area (Å²) in [6.07, 6.45) is -4.38. The van der Waals surface area contributed by atoms with Crippen LogP contribution >= 0.6 is 15.9 Å². The minimum absolute atomic E-state index is 0.217. The number of nitrogens with one attached hydrogen (secondary N) is 1. The molecule has 24 heavy (non-hydrogen) atoms. The first-order valence-electron chi connectivity index (χ1n) is 7.32. The summed E-state index contributed by atoms with van der Waals surface area (Å²) in [5.41, 5.74) is -0.328. The SMILES string of the molecule is CC(C)(CNC(=O)c1ccccc1Br)c1cccc(C(F)(F)F)c1. The summed E-state index contributed by atoms with van der Waals surface area (Å²) in [7, 11) is 0. The Balaban J connectivity index is 2.14. The molecule has 0 saturated carbocycles. The third kappa shape index (κ3) is 4.38. The Morgan fingerprint density at radius 2 is 1.67 bits per heavy atom. The van der Waals surface area contributed by atoms with E-state index in [1.807, 2.05) is 0 Å². The van der Waals surface area contributed by atoms with Crippen molar-refractivity contribution in [2.75, 3.05) is 6.54 Å². The number of alkyl halides is 3. The molecule has 0 atom stereocenters. The third-order valence-corrected chi connectivity index (χ3v) is 4.47. The fourth-order valence-corrected chi connectivity index (χ4v) is 2.73. The highest BCUT2D eigenvalue weighted by Crippen LogP contribution is 2.32. The summed E-state index contributed by atoms with van der Waals surface area (Å²) >= 11 is 3.31. The van der Waals surface area contributed by atoms with Crippen molar-refractivity contribution >= 4 is 21.8 Å². The average molecular weight is 400 g/mol. The van der Waals surface area contributed by atoms with Gasteiger partial charge in [0, 0.05) is 16.4 Å². The van der Waals surface area contributed by atoms with E-state index in [4.69, 9.17) is 0 Å². The lowest BCUT2D eigenvalue weighted by Crippen LogP contribution is -2.37.